The van der Waals surface area contributed by atoms with Crippen molar-refractivity contribution in [3.8, 4) is 11.5 Å². The van der Waals surface area contributed by atoms with Crippen LogP contribution in [0.4, 0.5) is 0 Å². The fourth-order valence-electron chi connectivity index (χ4n) is 0.917. The van der Waals surface area contributed by atoms with Crippen LogP contribution in [0.5, 0.6) is 11.5 Å². The number of benzene rings is 1. The molecule has 0 aliphatic carbocycles. The molecule has 0 unspecified atom stereocenters. The maximum atomic E-state index is 11.0. The molecule has 0 spiro atoms. The van der Waals surface area contributed by atoms with E-state index in [-0.39, 0.29) is 11.5 Å². The van der Waals surface area contributed by atoms with E-state index in [1.54, 1.807) is 0 Å². The van der Waals surface area contributed by atoms with Gasteiger partial charge in [-0.2, -0.15) is 0 Å². The minimum Gasteiger partial charge on any atom is -0.422 e. The van der Waals surface area contributed by atoms with Crippen molar-refractivity contribution < 1.29 is 18.2 Å². The van der Waals surface area contributed by atoms with Crippen LogP contribution in [-0.4, -0.2) is 0 Å². The second kappa shape index (κ2) is 4.55. The van der Waals surface area contributed by atoms with Crippen LogP contribution in [0.3, 0.4) is 0 Å². The topological polar surface area (TPSA) is 157 Å². The van der Waals surface area contributed by atoms with E-state index >= 15 is 0 Å². The molecule has 10 heteroatoms. The summed E-state index contributed by atoms with van der Waals surface area (Å²) in [6.07, 6.45) is 0. The minimum atomic E-state index is -3.65. The summed E-state index contributed by atoms with van der Waals surface area (Å²) in [5.74, 6) is 0.193. The zero-order chi connectivity index (χ0) is 12.4. The largest absolute Gasteiger partial charge is 0.422 e. The van der Waals surface area contributed by atoms with Gasteiger partial charge in [0.05, 0.1) is 0 Å². The van der Waals surface area contributed by atoms with E-state index in [4.69, 9.17) is 31.1 Å². The summed E-state index contributed by atoms with van der Waals surface area (Å²) in [5.41, 5.74) is 20.0. The van der Waals surface area contributed by atoms with E-state index in [1.165, 1.54) is 24.3 Å². The van der Waals surface area contributed by atoms with Gasteiger partial charge in [-0.15, -0.1) is 0 Å². The van der Waals surface area contributed by atoms with Gasteiger partial charge in [0.2, 0.25) is 0 Å². The first-order chi connectivity index (χ1) is 7.16. The zero-order valence-corrected chi connectivity index (χ0v) is 9.94. The normalized spacial score (nSPS) is 12.2. The molecule has 0 saturated heterocycles. The Morgan fingerprint density at radius 3 is 1.56 bits per heavy atom. The van der Waals surface area contributed by atoms with Gasteiger partial charge >= 0.3 is 15.3 Å². The lowest BCUT2D eigenvalue weighted by molar-refractivity contribution is 0.474. The molecule has 8 nitrogen and oxygen atoms in total. The van der Waals surface area contributed by atoms with Crippen molar-refractivity contribution in [1.82, 2.24) is 0 Å². The van der Waals surface area contributed by atoms with E-state index in [0.717, 1.165) is 0 Å². The Balaban J connectivity index is 2.88. The highest BCUT2D eigenvalue weighted by Gasteiger charge is 2.14. The summed E-state index contributed by atoms with van der Waals surface area (Å²) < 4.78 is 31.4. The Morgan fingerprint density at radius 1 is 0.875 bits per heavy atom. The highest BCUT2D eigenvalue weighted by molar-refractivity contribution is 7.54. The Labute approximate surface area is 92.0 Å². The van der Waals surface area contributed by atoms with E-state index in [1.807, 2.05) is 0 Å². The van der Waals surface area contributed by atoms with Gasteiger partial charge in [0.25, 0.3) is 0 Å². The number of hydrogen-bond donors (Lipinski definition) is 4. The minimum absolute atomic E-state index is 0.0966. The van der Waals surface area contributed by atoms with Crippen molar-refractivity contribution >= 4 is 15.3 Å². The number of rotatable bonds is 4. The summed E-state index contributed by atoms with van der Waals surface area (Å²) in [6.45, 7) is 0. The van der Waals surface area contributed by atoms with Gasteiger partial charge in [-0.25, -0.2) is 31.1 Å². The van der Waals surface area contributed by atoms with Gasteiger partial charge in [0, 0.05) is 6.07 Å². The third kappa shape index (κ3) is 5.27. The third-order valence-electron chi connectivity index (χ3n) is 1.30. The van der Waals surface area contributed by atoms with Crippen LogP contribution in [-0.2, 0) is 9.13 Å². The molecule has 0 amide bonds. The Morgan fingerprint density at radius 2 is 1.25 bits per heavy atom. The van der Waals surface area contributed by atoms with Crippen molar-refractivity contribution in [3.05, 3.63) is 24.3 Å². The second-order valence-electron chi connectivity index (χ2n) is 2.95. The fraction of sp³-hybridized carbons (Fsp3) is 0. The molecule has 0 radical (unpaired) electrons. The molecule has 0 heterocycles. The van der Waals surface area contributed by atoms with Crippen LogP contribution in [0.15, 0.2) is 24.3 Å². The molecule has 0 bridgehead atoms. The van der Waals surface area contributed by atoms with Crippen molar-refractivity contribution in [2.24, 2.45) is 22.0 Å². The van der Waals surface area contributed by atoms with E-state index < -0.39 is 15.3 Å². The summed E-state index contributed by atoms with van der Waals surface area (Å²) in [5, 5.41) is 0. The molecule has 0 saturated carbocycles. The van der Waals surface area contributed by atoms with Gasteiger partial charge in [-0.3, -0.25) is 0 Å². The molecular weight excluding hydrogens is 254 g/mol. The highest BCUT2D eigenvalue weighted by atomic mass is 31.2. The summed E-state index contributed by atoms with van der Waals surface area (Å²) in [6, 6.07) is 5.63. The lowest BCUT2D eigenvalue weighted by Crippen LogP contribution is -2.11. The predicted octanol–water partition coefficient (Wildman–Crippen LogP) is 0.495. The van der Waals surface area contributed by atoms with Crippen LogP contribution >= 0.6 is 15.3 Å². The quantitative estimate of drug-likeness (QED) is 0.573. The van der Waals surface area contributed by atoms with Crippen LogP contribution in [0.2, 0.25) is 0 Å². The van der Waals surface area contributed by atoms with Gasteiger partial charge in [-0.1, -0.05) is 6.07 Å². The Hall–Kier alpha value is -0.880. The maximum absolute atomic E-state index is 11.0. The molecular formula is C6H12N4O4P2. The van der Waals surface area contributed by atoms with Crippen molar-refractivity contribution in [3.63, 3.8) is 0 Å². The van der Waals surface area contributed by atoms with E-state index in [9.17, 15) is 9.13 Å². The molecule has 0 atom stereocenters. The van der Waals surface area contributed by atoms with Crippen molar-refractivity contribution in [2.75, 3.05) is 0 Å². The highest BCUT2D eigenvalue weighted by Crippen LogP contribution is 2.35. The van der Waals surface area contributed by atoms with E-state index in [0.29, 0.717) is 0 Å². The van der Waals surface area contributed by atoms with Crippen molar-refractivity contribution in [1.29, 1.82) is 0 Å². The monoisotopic (exact) mass is 266 g/mol. The first-order valence-corrected chi connectivity index (χ1v) is 7.52. The second-order valence-corrected chi connectivity index (χ2v) is 5.89. The molecule has 8 N–H and O–H groups in total. The molecule has 0 aromatic heterocycles. The summed E-state index contributed by atoms with van der Waals surface area (Å²) >= 11 is 0. The fourth-order valence-corrected chi connectivity index (χ4v) is 1.80. The predicted molar refractivity (Wildman–Crippen MR) is 59.7 cm³/mol. The smallest absolute Gasteiger partial charge is 0.385 e. The van der Waals surface area contributed by atoms with Gasteiger partial charge < -0.3 is 9.05 Å². The standard InChI is InChI=1S/C6H12N4O4P2/c7-15(8,11)13-5-2-1-3-6(4-5)14-16(9,10)12/h1-4H,(H4,7,8,11)(H4,9,10,12). The molecule has 1 aromatic rings. The first-order valence-electron chi connectivity index (χ1n) is 3.99. The third-order valence-corrected chi connectivity index (χ3v) is 2.29. The summed E-state index contributed by atoms with van der Waals surface area (Å²) in [7, 11) is -7.29. The number of hydrogen-bond acceptors (Lipinski definition) is 4. The van der Waals surface area contributed by atoms with Gasteiger partial charge in [-0.05, 0) is 12.1 Å². The Bertz CT molecular complexity index is 428. The molecule has 16 heavy (non-hydrogen) atoms. The zero-order valence-electron chi connectivity index (χ0n) is 8.15. The Kier molecular flexibility index (Phi) is 3.75. The number of nitrogens with two attached hydrogens (primary N) is 4. The molecule has 1 aromatic carbocycles. The average Bonchev–Trinajstić information content (AvgIpc) is 1.96. The van der Waals surface area contributed by atoms with Crippen LogP contribution in [0.1, 0.15) is 0 Å². The maximum Gasteiger partial charge on any atom is 0.385 e. The van der Waals surface area contributed by atoms with Crippen LogP contribution in [0.25, 0.3) is 0 Å². The lowest BCUT2D eigenvalue weighted by Gasteiger charge is -2.12. The van der Waals surface area contributed by atoms with E-state index in [2.05, 4.69) is 0 Å². The molecule has 0 fully saturated rings. The SMILES string of the molecule is NP(N)(=O)Oc1cccc(OP(N)(N)=O)c1. The lowest BCUT2D eigenvalue weighted by atomic mass is 10.3. The molecule has 0 aliphatic heterocycles. The first kappa shape index (κ1) is 13.2. The van der Waals surface area contributed by atoms with Crippen LogP contribution < -0.4 is 31.1 Å². The van der Waals surface area contributed by atoms with Gasteiger partial charge in [0.15, 0.2) is 0 Å². The summed E-state index contributed by atoms with van der Waals surface area (Å²) in [4.78, 5) is 0. The molecule has 90 valence electrons. The van der Waals surface area contributed by atoms with Crippen molar-refractivity contribution in [2.45, 2.75) is 0 Å². The van der Waals surface area contributed by atoms with Crippen LogP contribution in [0, 0.1) is 0 Å². The molecule has 1 rings (SSSR count). The molecule has 0 aliphatic rings. The average molecular weight is 266 g/mol. The van der Waals surface area contributed by atoms with Gasteiger partial charge in [0.1, 0.15) is 11.5 Å².